The molecule has 0 radical (unpaired) electrons. The summed E-state index contributed by atoms with van der Waals surface area (Å²) < 4.78 is 7.43. The largest absolute Gasteiger partial charge is 0.490 e. The van der Waals surface area contributed by atoms with Gasteiger partial charge in [0.25, 0.3) is 0 Å². The van der Waals surface area contributed by atoms with E-state index in [-0.39, 0.29) is 23.6 Å². The maximum absolute atomic E-state index is 12.5. The summed E-state index contributed by atoms with van der Waals surface area (Å²) in [6, 6.07) is 6.79. The van der Waals surface area contributed by atoms with Crippen molar-refractivity contribution in [2.45, 2.75) is 6.92 Å². The summed E-state index contributed by atoms with van der Waals surface area (Å²) in [6.45, 7) is 5.25. The highest BCUT2D eigenvalue weighted by atomic mass is 16.5. The normalized spacial score (nSPS) is 11.4. The van der Waals surface area contributed by atoms with E-state index in [0.29, 0.717) is 22.2 Å². The summed E-state index contributed by atoms with van der Waals surface area (Å²) >= 11 is 0. The first kappa shape index (κ1) is 21.2. The Morgan fingerprint density at radius 2 is 2.10 bits per heavy atom. The second-order valence-electron chi connectivity index (χ2n) is 6.84. The second-order valence-corrected chi connectivity index (χ2v) is 6.84. The smallest absolute Gasteiger partial charge is 0.487 e. The molecular formula is C20H22BN5O4. The van der Waals surface area contributed by atoms with Crippen LogP contribution in [0, 0.1) is 0 Å². The maximum Gasteiger partial charge on any atom is 0.490 e. The minimum absolute atomic E-state index is 0.0719. The third-order valence-electron chi connectivity index (χ3n) is 4.33. The molecule has 2 aromatic heterocycles. The van der Waals surface area contributed by atoms with E-state index < -0.39 is 7.12 Å². The molecule has 0 aliphatic carbocycles. The molecule has 3 rings (SSSR count). The molecule has 0 atom stereocenters. The average molecular weight is 407 g/mol. The van der Waals surface area contributed by atoms with Gasteiger partial charge < -0.3 is 14.8 Å². The lowest BCUT2D eigenvalue weighted by atomic mass is 9.81. The van der Waals surface area contributed by atoms with E-state index in [9.17, 15) is 14.8 Å². The number of nitrogens with zero attached hydrogens (tertiary/aromatic N) is 5. The summed E-state index contributed by atoms with van der Waals surface area (Å²) in [5.41, 5.74) is 2.21. The van der Waals surface area contributed by atoms with Crippen LogP contribution in [0.5, 0.6) is 5.75 Å². The van der Waals surface area contributed by atoms with E-state index in [4.69, 9.17) is 4.74 Å². The number of pyridine rings is 1. The number of rotatable bonds is 8. The van der Waals surface area contributed by atoms with Gasteiger partial charge in [-0.05, 0) is 30.7 Å². The van der Waals surface area contributed by atoms with Crippen molar-refractivity contribution < 1.29 is 19.6 Å². The highest BCUT2D eigenvalue weighted by Crippen LogP contribution is 2.19. The second kappa shape index (κ2) is 8.89. The Hall–Kier alpha value is -3.50. The van der Waals surface area contributed by atoms with E-state index >= 15 is 0 Å². The number of hydrogen-bond donors (Lipinski definition) is 2. The first-order valence-corrected chi connectivity index (χ1v) is 9.13. The van der Waals surface area contributed by atoms with Gasteiger partial charge in [0.1, 0.15) is 18.1 Å². The lowest BCUT2D eigenvalue weighted by Crippen LogP contribution is -2.30. The van der Waals surface area contributed by atoms with E-state index in [1.165, 1.54) is 6.20 Å². The summed E-state index contributed by atoms with van der Waals surface area (Å²) in [5.74, 6) is 0.180. The van der Waals surface area contributed by atoms with Gasteiger partial charge in [-0.2, -0.15) is 10.2 Å². The maximum atomic E-state index is 12.5. The minimum atomic E-state index is -1.61. The van der Waals surface area contributed by atoms with Crippen LogP contribution in [0.25, 0.3) is 10.9 Å². The minimum Gasteiger partial charge on any atom is -0.487 e. The lowest BCUT2D eigenvalue weighted by Gasteiger charge is -2.14. The van der Waals surface area contributed by atoms with Crippen LogP contribution in [0.4, 0.5) is 5.69 Å². The lowest BCUT2D eigenvalue weighted by molar-refractivity contribution is -0.109. The number of allylic oxidation sites excluding steroid dienone is 1. The van der Waals surface area contributed by atoms with Crippen molar-refractivity contribution in [3.05, 3.63) is 55.0 Å². The number of carbonyl (C=O) groups is 1. The van der Waals surface area contributed by atoms with Crippen molar-refractivity contribution >= 4 is 40.7 Å². The monoisotopic (exact) mass is 407 g/mol. The molecule has 9 nitrogen and oxygen atoms in total. The molecule has 2 heterocycles. The number of ether oxygens (including phenoxy) is 1. The highest BCUT2D eigenvalue weighted by Gasteiger charge is 2.16. The summed E-state index contributed by atoms with van der Waals surface area (Å²) in [5, 5.41) is 29.4. The van der Waals surface area contributed by atoms with Gasteiger partial charge in [-0.1, -0.05) is 12.6 Å². The number of ketones is 1. The topological polar surface area (TPSA) is 113 Å². The molecule has 10 heteroatoms. The molecule has 0 unspecified atom stereocenters. The van der Waals surface area contributed by atoms with Crippen molar-refractivity contribution in [1.29, 1.82) is 0 Å². The third-order valence-corrected chi connectivity index (χ3v) is 4.33. The Labute approximate surface area is 174 Å². The van der Waals surface area contributed by atoms with Crippen molar-refractivity contribution in [2.75, 3.05) is 18.7 Å². The number of aryl methyl sites for hydroxylation is 1. The first-order chi connectivity index (χ1) is 14.2. The van der Waals surface area contributed by atoms with Crippen molar-refractivity contribution in [3.63, 3.8) is 0 Å². The molecule has 0 amide bonds. The molecule has 154 valence electrons. The van der Waals surface area contributed by atoms with Gasteiger partial charge in [-0.15, -0.1) is 0 Å². The van der Waals surface area contributed by atoms with Gasteiger partial charge >= 0.3 is 7.12 Å². The molecule has 1 aromatic carbocycles. The fraction of sp³-hybridized carbons (Fsp3) is 0.200. The standard InChI is InChI=1S/C20H22BN5O4/c1-13(2)20(27)19(24-26(4)16-10-23-25(3)11-16)12-30-17-5-6-18-14(8-17)7-15(9-22-18)21(28)29/h5-11,28-29H,1,12H2,2-4H3. The molecular weight excluding hydrogens is 385 g/mol. The van der Waals surface area contributed by atoms with E-state index in [1.54, 1.807) is 67.4 Å². The summed E-state index contributed by atoms with van der Waals surface area (Å²) in [7, 11) is 1.90. The number of anilines is 1. The molecule has 0 aliphatic rings. The fourth-order valence-corrected chi connectivity index (χ4v) is 2.71. The third kappa shape index (κ3) is 4.91. The van der Waals surface area contributed by atoms with E-state index in [2.05, 4.69) is 21.8 Å². The number of fused-ring (bicyclic) bond motifs is 1. The number of hydrogen-bond acceptors (Lipinski definition) is 8. The number of benzene rings is 1. The predicted molar refractivity (Wildman–Crippen MR) is 116 cm³/mol. The van der Waals surface area contributed by atoms with Crippen LogP contribution in [0.1, 0.15) is 6.92 Å². The van der Waals surface area contributed by atoms with Gasteiger partial charge in [-0.25, -0.2) is 0 Å². The molecule has 0 fully saturated rings. The summed E-state index contributed by atoms with van der Waals surface area (Å²) in [6.07, 6.45) is 4.81. The Balaban J connectivity index is 1.83. The van der Waals surface area contributed by atoms with Gasteiger partial charge in [0.15, 0.2) is 0 Å². The highest BCUT2D eigenvalue weighted by molar-refractivity contribution is 6.58. The fourth-order valence-electron chi connectivity index (χ4n) is 2.71. The average Bonchev–Trinajstić information content (AvgIpc) is 3.16. The molecule has 3 aromatic rings. The van der Waals surface area contributed by atoms with E-state index in [1.807, 2.05) is 0 Å². The van der Waals surface area contributed by atoms with Crippen LogP contribution in [0.3, 0.4) is 0 Å². The van der Waals surface area contributed by atoms with Crippen LogP contribution in [-0.2, 0) is 11.8 Å². The van der Waals surface area contributed by atoms with Gasteiger partial charge in [0.2, 0.25) is 5.78 Å². The number of Topliss-reactive ketones (excluding diaryl/α,β-unsaturated/α-hetero) is 1. The Morgan fingerprint density at radius 3 is 2.73 bits per heavy atom. The molecule has 2 N–H and O–H groups in total. The number of hydrazone groups is 1. The quantitative estimate of drug-likeness (QED) is 0.244. The van der Waals surface area contributed by atoms with Gasteiger partial charge in [-0.3, -0.25) is 19.5 Å². The van der Waals surface area contributed by atoms with Gasteiger partial charge in [0.05, 0.1) is 17.4 Å². The Morgan fingerprint density at radius 1 is 1.33 bits per heavy atom. The zero-order valence-electron chi connectivity index (χ0n) is 17.0. The van der Waals surface area contributed by atoms with Crippen molar-refractivity contribution in [2.24, 2.45) is 12.1 Å². The molecule has 0 saturated carbocycles. The van der Waals surface area contributed by atoms with Crippen LogP contribution in [0.2, 0.25) is 0 Å². The zero-order valence-corrected chi connectivity index (χ0v) is 17.0. The molecule has 0 spiro atoms. The van der Waals surface area contributed by atoms with E-state index in [0.717, 1.165) is 5.69 Å². The van der Waals surface area contributed by atoms with Gasteiger partial charge in [0, 0.05) is 37.3 Å². The Kier molecular flexibility index (Phi) is 6.29. The van der Waals surface area contributed by atoms with Crippen LogP contribution in [0.15, 0.2) is 60.1 Å². The van der Waals surface area contributed by atoms with Crippen LogP contribution < -0.4 is 15.2 Å². The van der Waals surface area contributed by atoms with Crippen molar-refractivity contribution in [1.82, 2.24) is 14.8 Å². The molecule has 30 heavy (non-hydrogen) atoms. The SMILES string of the molecule is C=C(C)C(=O)C(COc1ccc2ncc(B(O)O)cc2c1)=NN(C)c1cnn(C)c1. The Bertz CT molecular complexity index is 1130. The van der Waals surface area contributed by atoms with Crippen molar-refractivity contribution in [3.8, 4) is 5.75 Å². The number of carbonyl (C=O) groups excluding carboxylic acids is 1. The van der Waals surface area contributed by atoms with Crippen LogP contribution >= 0.6 is 0 Å². The molecule has 0 saturated heterocycles. The predicted octanol–water partition coefficient (Wildman–Crippen LogP) is 0.664. The van der Waals surface area contributed by atoms with Crippen LogP contribution in [-0.4, -0.2) is 57.1 Å². The molecule has 0 aliphatic heterocycles. The summed E-state index contributed by atoms with van der Waals surface area (Å²) in [4.78, 5) is 16.7. The first-order valence-electron chi connectivity index (χ1n) is 9.13. The number of aromatic nitrogens is 3. The zero-order chi connectivity index (χ0) is 21.8. The molecule has 0 bridgehead atoms.